The zero-order valence-corrected chi connectivity index (χ0v) is 18.6. The lowest BCUT2D eigenvalue weighted by atomic mass is 9.71. The summed E-state index contributed by atoms with van der Waals surface area (Å²) in [7, 11) is 3.18. The van der Waals surface area contributed by atoms with Crippen molar-refractivity contribution >= 4 is 35.2 Å². The van der Waals surface area contributed by atoms with Crippen molar-refractivity contribution in [3.8, 4) is 5.75 Å². The van der Waals surface area contributed by atoms with Crippen LogP contribution in [-0.4, -0.2) is 71.1 Å². The number of methoxy groups -OCH3 is 1. The smallest absolute Gasteiger partial charge is 0.248 e. The number of amides is 3. The quantitative estimate of drug-likeness (QED) is 0.518. The van der Waals surface area contributed by atoms with Crippen LogP contribution in [0.1, 0.15) is 25.7 Å². The number of benzene rings is 1. The lowest BCUT2D eigenvalue weighted by Gasteiger charge is -2.34. The minimum atomic E-state index is -0.643. The standard InChI is InChI=1S/C22H29N3O5S/c1-23-19(27)16-15-9-10-22(31-15)17(16)21(29)25(11-3-4-12-26)18(22)20(28)24-13-5-7-14(30-2)8-6-13/h5-8,15-18,26H,3-4,9-12H2,1-2H3,(H,23,27)(H,24,28)/t15-,16+,17-,18?,22?/m0/s1. The third-order valence-electron chi connectivity index (χ3n) is 6.76. The molecule has 0 aliphatic carbocycles. The van der Waals surface area contributed by atoms with Crippen LogP contribution in [0, 0.1) is 11.8 Å². The summed E-state index contributed by atoms with van der Waals surface area (Å²) in [6.45, 7) is 0.432. The molecule has 1 aromatic carbocycles. The second-order valence-electron chi connectivity index (χ2n) is 8.35. The Morgan fingerprint density at radius 1 is 1.26 bits per heavy atom. The lowest BCUT2D eigenvalue weighted by molar-refractivity contribution is -0.139. The minimum Gasteiger partial charge on any atom is -0.497 e. The average Bonchev–Trinajstić information content (AvgIpc) is 3.41. The monoisotopic (exact) mass is 447 g/mol. The van der Waals surface area contributed by atoms with Crippen LogP contribution in [0.4, 0.5) is 5.69 Å². The maximum absolute atomic E-state index is 13.5. The van der Waals surface area contributed by atoms with Crippen molar-refractivity contribution in [2.75, 3.05) is 32.6 Å². The summed E-state index contributed by atoms with van der Waals surface area (Å²) < 4.78 is 4.58. The van der Waals surface area contributed by atoms with Crippen molar-refractivity contribution in [2.45, 2.75) is 41.7 Å². The number of carbonyl (C=O) groups is 3. The third-order valence-corrected chi connectivity index (χ3v) is 8.71. The van der Waals surface area contributed by atoms with E-state index in [1.165, 1.54) is 0 Å². The summed E-state index contributed by atoms with van der Waals surface area (Å²) in [5, 5.41) is 14.9. The molecule has 3 heterocycles. The fourth-order valence-electron chi connectivity index (χ4n) is 5.44. The highest BCUT2D eigenvalue weighted by atomic mass is 32.2. The van der Waals surface area contributed by atoms with Crippen molar-refractivity contribution in [1.82, 2.24) is 10.2 Å². The van der Waals surface area contributed by atoms with Crippen molar-refractivity contribution in [2.24, 2.45) is 11.8 Å². The number of aliphatic hydroxyl groups excluding tert-OH is 1. The Morgan fingerprint density at radius 2 is 2.00 bits per heavy atom. The van der Waals surface area contributed by atoms with E-state index < -0.39 is 22.6 Å². The molecule has 2 bridgehead atoms. The van der Waals surface area contributed by atoms with Crippen molar-refractivity contribution < 1.29 is 24.2 Å². The van der Waals surface area contributed by atoms with Crippen LogP contribution >= 0.6 is 11.8 Å². The first kappa shape index (κ1) is 22.0. The van der Waals surface area contributed by atoms with E-state index in [1.807, 2.05) is 0 Å². The molecule has 0 radical (unpaired) electrons. The number of nitrogens with one attached hydrogen (secondary N) is 2. The third kappa shape index (κ3) is 3.57. The number of aliphatic hydroxyl groups is 1. The summed E-state index contributed by atoms with van der Waals surface area (Å²) in [6, 6.07) is 6.44. The summed E-state index contributed by atoms with van der Waals surface area (Å²) >= 11 is 1.65. The fourth-order valence-corrected chi connectivity index (χ4v) is 7.66. The summed E-state index contributed by atoms with van der Waals surface area (Å²) in [5.41, 5.74) is 0.633. The number of carbonyl (C=O) groups excluding carboxylic acids is 3. The molecule has 8 nitrogen and oxygen atoms in total. The number of ether oxygens (including phenoxy) is 1. The molecule has 31 heavy (non-hydrogen) atoms. The van der Waals surface area contributed by atoms with Gasteiger partial charge in [-0.05, 0) is 49.9 Å². The molecule has 3 saturated heterocycles. The van der Waals surface area contributed by atoms with E-state index in [-0.39, 0.29) is 29.6 Å². The molecule has 3 amide bonds. The van der Waals surface area contributed by atoms with Gasteiger partial charge in [0.1, 0.15) is 11.8 Å². The molecule has 9 heteroatoms. The van der Waals surface area contributed by atoms with E-state index in [9.17, 15) is 19.5 Å². The normalized spacial score (nSPS) is 30.9. The second-order valence-corrected chi connectivity index (χ2v) is 9.95. The summed E-state index contributed by atoms with van der Waals surface area (Å²) in [4.78, 5) is 41.4. The van der Waals surface area contributed by atoms with Gasteiger partial charge in [0.05, 0.1) is 23.7 Å². The molecule has 168 valence electrons. The average molecular weight is 448 g/mol. The van der Waals surface area contributed by atoms with Crippen LogP contribution < -0.4 is 15.4 Å². The molecule has 3 aliphatic rings. The van der Waals surface area contributed by atoms with Crippen LogP contribution in [0.3, 0.4) is 0 Å². The number of likely N-dealkylation sites (tertiary alicyclic amines) is 1. The van der Waals surface area contributed by atoms with Crippen LogP contribution in [-0.2, 0) is 14.4 Å². The van der Waals surface area contributed by atoms with E-state index in [0.29, 0.717) is 30.8 Å². The second kappa shape index (κ2) is 8.70. The SMILES string of the molecule is CNC(=O)[C@@H]1[C@@H]2CCC3(S2)C(C(=O)Nc2ccc(OC)cc2)N(CCCCO)C(=O)[C@H]13. The number of fused-ring (bicyclic) bond motifs is 1. The van der Waals surface area contributed by atoms with Gasteiger partial charge in [-0.15, -0.1) is 11.8 Å². The molecule has 1 spiro atoms. The number of hydrogen-bond acceptors (Lipinski definition) is 6. The summed E-state index contributed by atoms with van der Waals surface area (Å²) in [6.07, 6.45) is 2.73. The number of rotatable bonds is 8. The maximum atomic E-state index is 13.5. The topological polar surface area (TPSA) is 108 Å². The molecule has 3 aliphatic heterocycles. The number of thioether (sulfide) groups is 1. The van der Waals surface area contributed by atoms with Crippen molar-refractivity contribution in [1.29, 1.82) is 0 Å². The maximum Gasteiger partial charge on any atom is 0.248 e. The van der Waals surface area contributed by atoms with E-state index in [4.69, 9.17) is 4.74 Å². The van der Waals surface area contributed by atoms with Crippen molar-refractivity contribution in [3.05, 3.63) is 24.3 Å². The Labute approximate surface area is 186 Å². The van der Waals surface area contributed by atoms with Gasteiger partial charge in [0, 0.05) is 31.1 Å². The number of nitrogens with zero attached hydrogens (tertiary/aromatic N) is 1. The molecule has 3 N–H and O–H groups in total. The summed E-state index contributed by atoms with van der Waals surface area (Å²) in [5.74, 6) is -0.667. The highest BCUT2D eigenvalue weighted by Gasteiger charge is 2.73. The van der Waals surface area contributed by atoms with Gasteiger partial charge in [-0.1, -0.05) is 0 Å². The first-order chi connectivity index (χ1) is 15.0. The van der Waals surface area contributed by atoms with Gasteiger partial charge in [0.15, 0.2) is 0 Å². The molecule has 5 atom stereocenters. The zero-order valence-electron chi connectivity index (χ0n) is 17.8. The number of anilines is 1. The predicted molar refractivity (Wildman–Crippen MR) is 118 cm³/mol. The molecule has 2 unspecified atom stereocenters. The Balaban J connectivity index is 1.64. The van der Waals surface area contributed by atoms with Gasteiger partial charge in [-0.25, -0.2) is 0 Å². The first-order valence-electron chi connectivity index (χ1n) is 10.7. The minimum absolute atomic E-state index is 0.0387. The van der Waals surface area contributed by atoms with Crippen LogP contribution in [0.25, 0.3) is 0 Å². The van der Waals surface area contributed by atoms with Crippen LogP contribution in [0.2, 0.25) is 0 Å². The molecular formula is C22H29N3O5S. The Bertz CT molecular complexity index is 863. The van der Waals surface area contributed by atoms with Crippen LogP contribution in [0.5, 0.6) is 5.75 Å². The van der Waals surface area contributed by atoms with Gasteiger partial charge < -0.3 is 25.4 Å². The molecule has 1 aromatic rings. The van der Waals surface area contributed by atoms with Gasteiger partial charge in [-0.3, -0.25) is 14.4 Å². The van der Waals surface area contributed by atoms with E-state index in [0.717, 1.165) is 12.8 Å². The van der Waals surface area contributed by atoms with E-state index in [1.54, 1.807) is 55.1 Å². The lowest BCUT2D eigenvalue weighted by Crippen LogP contribution is -2.51. The molecule has 4 rings (SSSR count). The van der Waals surface area contributed by atoms with E-state index >= 15 is 0 Å². The Hall–Kier alpha value is -2.26. The van der Waals surface area contributed by atoms with E-state index in [2.05, 4.69) is 10.6 Å². The van der Waals surface area contributed by atoms with Crippen LogP contribution in [0.15, 0.2) is 24.3 Å². The first-order valence-corrected chi connectivity index (χ1v) is 11.6. The fraction of sp³-hybridized carbons (Fsp3) is 0.591. The van der Waals surface area contributed by atoms with Gasteiger partial charge in [-0.2, -0.15) is 0 Å². The Morgan fingerprint density at radius 3 is 2.65 bits per heavy atom. The van der Waals surface area contributed by atoms with Crippen molar-refractivity contribution in [3.63, 3.8) is 0 Å². The molecular weight excluding hydrogens is 418 g/mol. The molecule has 3 fully saturated rings. The molecule has 0 aromatic heterocycles. The highest BCUT2D eigenvalue weighted by Crippen LogP contribution is 2.66. The number of unbranched alkanes of at least 4 members (excludes halogenated alkanes) is 1. The van der Waals surface area contributed by atoms with Gasteiger partial charge in [0.2, 0.25) is 17.7 Å². The van der Waals surface area contributed by atoms with Gasteiger partial charge >= 0.3 is 0 Å². The number of hydrogen-bond donors (Lipinski definition) is 3. The highest BCUT2D eigenvalue weighted by molar-refractivity contribution is 8.02. The van der Waals surface area contributed by atoms with Gasteiger partial charge in [0.25, 0.3) is 0 Å². The molecule has 0 saturated carbocycles. The zero-order chi connectivity index (χ0) is 22.2. The Kier molecular flexibility index (Phi) is 6.16. The largest absolute Gasteiger partial charge is 0.497 e. The predicted octanol–water partition coefficient (Wildman–Crippen LogP) is 1.24.